The number of likely N-dealkylation sites (N-methyl/N-ethyl adjacent to an activating group) is 1. The van der Waals surface area contributed by atoms with Crippen molar-refractivity contribution in [3.8, 4) is 0 Å². The summed E-state index contributed by atoms with van der Waals surface area (Å²) in [6.45, 7) is 1.41. The number of nitrogens with one attached hydrogen (secondary N) is 1. The van der Waals surface area contributed by atoms with Crippen LogP contribution in [0.15, 0.2) is 6.20 Å². The molecule has 1 heterocycles. The zero-order chi connectivity index (χ0) is 10.6. The van der Waals surface area contributed by atoms with Gasteiger partial charge in [-0.2, -0.15) is 4.98 Å². The van der Waals surface area contributed by atoms with Crippen molar-refractivity contribution in [2.24, 2.45) is 0 Å². The second-order valence-electron chi connectivity index (χ2n) is 3.15. The number of rotatable bonds is 4. The highest BCUT2D eigenvalue weighted by molar-refractivity contribution is 5.38. The average Bonchev–Trinajstić information content (AvgIpc) is 2.10. The number of anilines is 2. The Morgan fingerprint density at radius 3 is 2.93 bits per heavy atom. The van der Waals surface area contributed by atoms with E-state index in [0.717, 1.165) is 12.7 Å². The number of hydrogen-bond donors (Lipinski definition) is 2. The zero-order valence-electron chi connectivity index (χ0n) is 8.29. The van der Waals surface area contributed by atoms with Gasteiger partial charge in [-0.3, -0.25) is 0 Å². The van der Waals surface area contributed by atoms with Crippen molar-refractivity contribution < 1.29 is 4.39 Å². The normalized spacial score (nSPS) is 10.6. The Labute approximate surface area is 82.1 Å². The van der Waals surface area contributed by atoms with Crippen LogP contribution in [0.2, 0.25) is 0 Å². The SMILES string of the molecule is CN(C)CCNc1nc(N)ncc1F. The number of nitrogens with two attached hydrogens (primary N) is 1. The molecule has 0 radical (unpaired) electrons. The molecule has 0 fully saturated rings. The maximum Gasteiger partial charge on any atom is 0.222 e. The van der Waals surface area contributed by atoms with Crippen LogP contribution in [0, 0.1) is 5.82 Å². The number of nitrogens with zero attached hydrogens (tertiary/aromatic N) is 3. The lowest BCUT2D eigenvalue weighted by Gasteiger charge is -2.11. The largest absolute Gasteiger partial charge is 0.368 e. The van der Waals surface area contributed by atoms with Gasteiger partial charge in [-0.1, -0.05) is 0 Å². The molecule has 0 aromatic carbocycles. The van der Waals surface area contributed by atoms with Crippen molar-refractivity contribution in [2.75, 3.05) is 38.2 Å². The van der Waals surface area contributed by atoms with E-state index in [1.165, 1.54) is 0 Å². The molecule has 0 saturated heterocycles. The lowest BCUT2D eigenvalue weighted by Crippen LogP contribution is -2.21. The van der Waals surface area contributed by atoms with Gasteiger partial charge in [-0.05, 0) is 14.1 Å². The first-order valence-corrected chi connectivity index (χ1v) is 4.26. The van der Waals surface area contributed by atoms with Crippen LogP contribution < -0.4 is 11.1 Å². The van der Waals surface area contributed by atoms with Gasteiger partial charge in [0.1, 0.15) is 0 Å². The fourth-order valence-electron chi connectivity index (χ4n) is 0.903. The van der Waals surface area contributed by atoms with Crippen molar-refractivity contribution in [1.82, 2.24) is 14.9 Å². The van der Waals surface area contributed by atoms with E-state index < -0.39 is 5.82 Å². The zero-order valence-corrected chi connectivity index (χ0v) is 8.29. The minimum Gasteiger partial charge on any atom is -0.368 e. The molecule has 0 saturated carbocycles. The molecule has 1 rings (SSSR count). The first-order valence-electron chi connectivity index (χ1n) is 4.26. The number of aromatic nitrogens is 2. The van der Waals surface area contributed by atoms with Crippen molar-refractivity contribution in [1.29, 1.82) is 0 Å². The smallest absolute Gasteiger partial charge is 0.222 e. The van der Waals surface area contributed by atoms with Crippen LogP contribution in [0.3, 0.4) is 0 Å². The highest BCUT2D eigenvalue weighted by Crippen LogP contribution is 2.09. The molecular formula is C8H14FN5. The quantitative estimate of drug-likeness (QED) is 0.723. The Morgan fingerprint density at radius 1 is 1.57 bits per heavy atom. The van der Waals surface area contributed by atoms with Gasteiger partial charge in [0.05, 0.1) is 6.20 Å². The molecule has 1 aromatic heterocycles. The highest BCUT2D eigenvalue weighted by Gasteiger charge is 2.03. The molecule has 5 nitrogen and oxygen atoms in total. The monoisotopic (exact) mass is 199 g/mol. The summed E-state index contributed by atoms with van der Waals surface area (Å²) in [5.74, 6) is -0.268. The average molecular weight is 199 g/mol. The van der Waals surface area contributed by atoms with Gasteiger partial charge in [-0.15, -0.1) is 0 Å². The van der Waals surface area contributed by atoms with E-state index in [4.69, 9.17) is 5.73 Å². The van der Waals surface area contributed by atoms with Crippen LogP contribution in [-0.2, 0) is 0 Å². The van der Waals surface area contributed by atoms with Crippen molar-refractivity contribution in [3.63, 3.8) is 0 Å². The second kappa shape index (κ2) is 4.71. The molecule has 0 unspecified atom stereocenters. The number of halogens is 1. The Balaban J connectivity index is 2.53. The van der Waals surface area contributed by atoms with Crippen LogP contribution in [0.1, 0.15) is 0 Å². The first-order chi connectivity index (χ1) is 6.59. The standard InChI is InChI=1S/C8H14FN5/c1-14(2)4-3-11-7-6(9)5-12-8(10)13-7/h5H,3-4H2,1-2H3,(H3,10,11,12,13). The lowest BCUT2D eigenvalue weighted by molar-refractivity contribution is 0.424. The molecule has 3 N–H and O–H groups in total. The topological polar surface area (TPSA) is 67.1 Å². The summed E-state index contributed by atoms with van der Waals surface area (Å²) in [4.78, 5) is 9.24. The van der Waals surface area contributed by atoms with Crippen LogP contribution >= 0.6 is 0 Å². The van der Waals surface area contributed by atoms with Crippen LogP contribution in [0.5, 0.6) is 0 Å². The predicted molar refractivity (Wildman–Crippen MR) is 53.4 cm³/mol. The van der Waals surface area contributed by atoms with Crippen LogP contribution in [0.25, 0.3) is 0 Å². The molecule has 0 bridgehead atoms. The van der Waals surface area contributed by atoms with E-state index in [0.29, 0.717) is 6.54 Å². The molecule has 1 aromatic rings. The summed E-state index contributed by atoms with van der Waals surface area (Å²) in [5.41, 5.74) is 5.32. The highest BCUT2D eigenvalue weighted by atomic mass is 19.1. The molecule has 78 valence electrons. The van der Waals surface area contributed by atoms with Crippen molar-refractivity contribution in [2.45, 2.75) is 0 Å². The summed E-state index contributed by atoms with van der Waals surface area (Å²) in [6.07, 6.45) is 1.06. The van der Waals surface area contributed by atoms with Gasteiger partial charge >= 0.3 is 0 Å². The summed E-state index contributed by atoms with van der Waals surface area (Å²) in [5, 5.41) is 2.84. The maximum absolute atomic E-state index is 13.0. The summed E-state index contributed by atoms with van der Waals surface area (Å²) in [7, 11) is 3.87. The van der Waals surface area contributed by atoms with Gasteiger partial charge in [-0.25, -0.2) is 9.37 Å². The lowest BCUT2D eigenvalue weighted by atomic mass is 10.5. The summed E-state index contributed by atoms with van der Waals surface area (Å²) in [6, 6.07) is 0. The Bertz CT molecular complexity index is 302. The van der Waals surface area contributed by atoms with Gasteiger partial charge in [0.15, 0.2) is 11.6 Å². The molecule has 0 aliphatic carbocycles. The second-order valence-corrected chi connectivity index (χ2v) is 3.15. The van der Waals surface area contributed by atoms with E-state index in [-0.39, 0.29) is 11.8 Å². The number of nitrogen functional groups attached to an aromatic ring is 1. The van der Waals surface area contributed by atoms with Gasteiger partial charge in [0.25, 0.3) is 0 Å². The third-order valence-corrected chi connectivity index (χ3v) is 1.61. The fourth-order valence-corrected chi connectivity index (χ4v) is 0.903. The van der Waals surface area contributed by atoms with Crippen LogP contribution in [-0.4, -0.2) is 42.1 Å². The molecule has 0 aliphatic heterocycles. The van der Waals surface area contributed by atoms with E-state index in [1.807, 2.05) is 19.0 Å². The molecule has 14 heavy (non-hydrogen) atoms. The minimum atomic E-state index is -0.488. The van der Waals surface area contributed by atoms with Crippen molar-refractivity contribution in [3.05, 3.63) is 12.0 Å². The maximum atomic E-state index is 13.0. The Kier molecular flexibility index (Phi) is 3.58. The predicted octanol–water partition coefficient (Wildman–Crippen LogP) is 0.171. The molecule has 0 aliphatic rings. The third-order valence-electron chi connectivity index (χ3n) is 1.61. The molecule has 6 heteroatoms. The minimum absolute atomic E-state index is 0.0683. The molecule has 0 amide bonds. The molecule has 0 spiro atoms. The molecule has 0 atom stereocenters. The first kappa shape index (κ1) is 10.6. The van der Waals surface area contributed by atoms with Crippen LogP contribution in [0.4, 0.5) is 16.2 Å². The van der Waals surface area contributed by atoms with E-state index in [9.17, 15) is 4.39 Å². The third kappa shape index (κ3) is 3.14. The Morgan fingerprint density at radius 2 is 2.29 bits per heavy atom. The van der Waals surface area contributed by atoms with Gasteiger partial charge in [0.2, 0.25) is 5.95 Å². The fraction of sp³-hybridized carbons (Fsp3) is 0.500. The van der Waals surface area contributed by atoms with Gasteiger partial charge < -0.3 is 16.0 Å². The van der Waals surface area contributed by atoms with E-state index in [1.54, 1.807) is 0 Å². The summed E-state index contributed by atoms with van der Waals surface area (Å²) < 4.78 is 13.0. The van der Waals surface area contributed by atoms with E-state index in [2.05, 4.69) is 15.3 Å². The molecular weight excluding hydrogens is 185 g/mol. The Hall–Kier alpha value is -1.43. The summed E-state index contributed by atoms with van der Waals surface area (Å²) >= 11 is 0. The van der Waals surface area contributed by atoms with Gasteiger partial charge in [0, 0.05) is 13.1 Å². The van der Waals surface area contributed by atoms with Crippen molar-refractivity contribution >= 4 is 11.8 Å². The number of hydrogen-bond acceptors (Lipinski definition) is 5. The van der Waals surface area contributed by atoms with E-state index >= 15 is 0 Å².